The molecular formula is C11H16INO. The molecule has 1 unspecified atom stereocenters. The molecule has 0 aliphatic carbocycles. The quantitative estimate of drug-likeness (QED) is 0.838. The van der Waals surface area contributed by atoms with Crippen LogP contribution in [0, 0.1) is 3.57 Å². The standard InChI is InChI=1S/C11H16INO/c1-11(2,13)10(14)7-8-3-5-9(12)6-4-8/h3-6,10,14H,7,13H2,1-2H3. The monoisotopic (exact) mass is 305 g/mol. The Bertz CT molecular complexity index is 289. The average molecular weight is 305 g/mol. The van der Waals surface area contributed by atoms with Crippen LogP contribution in [0.2, 0.25) is 0 Å². The van der Waals surface area contributed by atoms with Crippen molar-refractivity contribution in [3.05, 3.63) is 33.4 Å². The van der Waals surface area contributed by atoms with Gasteiger partial charge < -0.3 is 10.8 Å². The van der Waals surface area contributed by atoms with Crippen molar-refractivity contribution in [2.45, 2.75) is 31.9 Å². The molecule has 0 saturated carbocycles. The van der Waals surface area contributed by atoms with Gasteiger partial charge in [0.15, 0.2) is 0 Å². The lowest BCUT2D eigenvalue weighted by molar-refractivity contribution is 0.104. The Kier molecular flexibility index (Phi) is 3.92. The number of benzene rings is 1. The number of halogens is 1. The van der Waals surface area contributed by atoms with E-state index in [0.717, 1.165) is 5.56 Å². The normalized spacial score (nSPS) is 14.1. The first-order valence-corrected chi connectivity index (χ1v) is 5.69. The number of nitrogens with two attached hydrogens (primary N) is 1. The highest BCUT2D eigenvalue weighted by molar-refractivity contribution is 14.1. The number of aliphatic hydroxyl groups is 1. The van der Waals surface area contributed by atoms with Crippen molar-refractivity contribution >= 4 is 22.6 Å². The summed E-state index contributed by atoms with van der Waals surface area (Å²) in [5, 5.41) is 9.78. The first-order chi connectivity index (χ1) is 6.39. The summed E-state index contributed by atoms with van der Waals surface area (Å²) in [6.45, 7) is 3.68. The number of rotatable bonds is 3. The van der Waals surface area contributed by atoms with E-state index < -0.39 is 11.6 Å². The second kappa shape index (κ2) is 4.59. The van der Waals surface area contributed by atoms with Crippen molar-refractivity contribution in [1.29, 1.82) is 0 Å². The van der Waals surface area contributed by atoms with Crippen LogP contribution in [-0.2, 0) is 6.42 Å². The van der Waals surface area contributed by atoms with E-state index in [-0.39, 0.29) is 0 Å². The second-order valence-corrected chi connectivity index (χ2v) is 5.41. The maximum Gasteiger partial charge on any atom is 0.0754 e. The maximum absolute atomic E-state index is 9.78. The van der Waals surface area contributed by atoms with Gasteiger partial charge in [-0.15, -0.1) is 0 Å². The van der Waals surface area contributed by atoms with Crippen molar-refractivity contribution in [3.63, 3.8) is 0 Å². The molecule has 0 radical (unpaired) electrons. The fourth-order valence-electron chi connectivity index (χ4n) is 1.11. The van der Waals surface area contributed by atoms with Gasteiger partial charge in [0.25, 0.3) is 0 Å². The zero-order valence-electron chi connectivity index (χ0n) is 8.50. The predicted molar refractivity (Wildman–Crippen MR) is 67.1 cm³/mol. The molecular weight excluding hydrogens is 289 g/mol. The van der Waals surface area contributed by atoms with Gasteiger partial charge in [-0.3, -0.25) is 0 Å². The van der Waals surface area contributed by atoms with E-state index in [2.05, 4.69) is 22.6 Å². The van der Waals surface area contributed by atoms with E-state index >= 15 is 0 Å². The van der Waals surface area contributed by atoms with Gasteiger partial charge in [0.1, 0.15) is 0 Å². The molecule has 1 rings (SSSR count). The minimum atomic E-state index is -0.539. The highest BCUT2D eigenvalue weighted by Gasteiger charge is 2.22. The lowest BCUT2D eigenvalue weighted by atomic mass is 9.93. The van der Waals surface area contributed by atoms with E-state index in [1.165, 1.54) is 3.57 Å². The molecule has 0 fully saturated rings. The minimum absolute atomic E-state index is 0.498. The van der Waals surface area contributed by atoms with Crippen LogP contribution in [-0.4, -0.2) is 16.7 Å². The van der Waals surface area contributed by atoms with E-state index in [0.29, 0.717) is 6.42 Å². The molecule has 3 N–H and O–H groups in total. The summed E-state index contributed by atoms with van der Waals surface area (Å²) in [5.74, 6) is 0. The molecule has 1 atom stereocenters. The molecule has 3 heteroatoms. The molecule has 0 saturated heterocycles. The molecule has 0 aliphatic heterocycles. The fraction of sp³-hybridized carbons (Fsp3) is 0.455. The molecule has 14 heavy (non-hydrogen) atoms. The fourth-order valence-corrected chi connectivity index (χ4v) is 1.47. The lowest BCUT2D eigenvalue weighted by Crippen LogP contribution is -2.46. The summed E-state index contributed by atoms with van der Waals surface area (Å²) in [7, 11) is 0. The SMILES string of the molecule is CC(C)(N)C(O)Cc1ccc(I)cc1. The molecule has 0 heterocycles. The third kappa shape index (κ3) is 3.55. The number of aliphatic hydroxyl groups excluding tert-OH is 1. The minimum Gasteiger partial charge on any atom is -0.391 e. The molecule has 1 aromatic rings. The second-order valence-electron chi connectivity index (χ2n) is 4.17. The van der Waals surface area contributed by atoms with Gasteiger partial charge in [0, 0.05) is 15.5 Å². The summed E-state index contributed by atoms with van der Waals surface area (Å²) in [5.41, 5.74) is 6.39. The van der Waals surface area contributed by atoms with Crippen LogP contribution >= 0.6 is 22.6 Å². The van der Waals surface area contributed by atoms with Gasteiger partial charge in [-0.1, -0.05) is 12.1 Å². The van der Waals surface area contributed by atoms with Crippen molar-refractivity contribution in [3.8, 4) is 0 Å². The van der Waals surface area contributed by atoms with Crippen LogP contribution in [0.3, 0.4) is 0 Å². The van der Waals surface area contributed by atoms with Crippen LogP contribution in [0.15, 0.2) is 24.3 Å². The summed E-state index contributed by atoms with van der Waals surface area (Å²) >= 11 is 2.26. The number of hydrogen-bond acceptors (Lipinski definition) is 2. The van der Waals surface area contributed by atoms with Gasteiger partial charge in [-0.2, -0.15) is 0 Å². The van der Waals surface area contributed by atoms with Crippen LogP contribution in [0.4, 0.5) is 0 Å². The molecule has 0 spiro atoms. The van der Waals surface area contributed by atoms with Crippen molar-refractivity contribution in [2.75, 3.05) is 0 Å². The third-order valence-electron chi connectivity index (χ3n) is 2.20. The van der Waals surface area contributed by atoms with Gasteiger partial charge in [-0.05, 0) is 54.1 Å². The van der Waals surface area contributed by atoms with E-state index in [4.69, 9.17) is 5.73 Å². The van der Waals surface area contributed by atoms with E-state index in [1.54, 1.807) is 0 Å². The molecule has 0 amide bonds. The molecule has 0 bridgehead atoms. The maximum atomic E-state index is 9.78. The zero-order chi connectivity index (χ0) is 10.8. The number of hydrogen-bond donors (Lipinski definition) is 2. The highest BCUT2D eigenvalue weighted by Crippen LogP contribution is 2.13. The van der Waals surface area contributed by atoms with Crippen LogP contribution < -0.4 is 5.73 Å². The molecule has 1 aromatic carbocycles. The molecule has 78 valence electrons. The Morgan fingerprint density at radius 1 is 1.36 bits per heavy atom. The van der Waals surface area contributed by atoms with Gasteiger partial charge in [0.2, 0.25) is 0 Å². The Morgan fingerprint density at radius 3 is 2.29 bits per heavy atom. The molecule has 2 nitrogen and oxygen atoms in total. The Balaban J connectivity index is 2.65. The van der Waals surface area contributed by atoms with Crippen LogP contribution in [0.1, 0.15) is 19.4 Å². The van der Waals surface area contributed by atoms with Crippen molar-refractivity contribution in [2.24, 2.45) is 5.73 Å². The summed E-state index contributed by atoms with van der Waals surface area (Å²) < 4.78 is 1.20. The first-order valence-electron chi connectivity index (χ1n) is 4.61. The first kappa shape index (κ1) is 11.9. The van der Waals surface area contributed by atoms with Gasteiger partial charge >= 0.3 is 0 Å². The van der Waals surface area contributed by atoms with Gasteiger partial charge in [-0.25, -0.2) is 0 Å². The lowest BCUT2D eigenvalue weighted by Gasteiger charge is -2.25. The van der Waals surface area contributed by atoms with Crippen molar-refractivity contribution < 1.29 is 5.11 Å². The third-order valence-corrected chi connectivity index (χ3v) is 2.92. The summed E-state index contributed by atoms with van der Waals surface area (Å²) in [6.07, 6.45) is 0.114. The Labute approximate surface area is 98.7 Å². The largest absolute Gasteiger partial charge is 0.391 e. The smallest absolute Gasteiger partial charge is 0.0754 e. The van der Waals surface area contributed by atoms with E-state index in [1.807, 2.05) is 38.1 Å². The zero-order valence-corrected chi connectivity index (χ0v) is 10.7. The van der Waals surface area contributed by atoms with Crippen molar-refractivity contribution in [1.82, 2.24) is 0 Å². The Hall–Kier alpha value is -0.130. The van der Waals surface area contributed by atoms with E-state index in [9.17, 15) is 5.11 Å². The predicted octanol–water partition coefficient (Wildman–Crippen LogP) is 1.93. The summed E-state index contributed by atoms with van der Waals surface area (Å²) in [6, 6.07) is 8.12. The highest BCUT2D eigenvalue weighted by atomic mass is 127. The molecule has 0 aromatic heterocycles. The topological polar surface area (TPSA) is 46.2 Å². The Morgan fingerprint density at radius 2 is 1.86 bits per heavy atom. The molecule has 0 aliphatic rings. The van der Waals surface area contributed by atoms with Crippen LogP contribution in [0.5, 0.6) is 0 Å². The average Bonchev–Trinajstić information content (AvgIpc) is 2.07. The van der Waals surface area contributed by atoms with Crippen LogP contribution in [0.25, 0.3) is 0 Å². The summed E-state index contributed by atoms with van der Waals surface area (Å²) in [4.78, 5) is 0. The van der Waals surface area contributed by atoms with Gasteiger partial charge in [0.05, 0.1) is 6.10 Å².